The van der Waals surface area contributed by atoms with Crippen molar-refractivity contribution >= 4 is 23.2 Å². The molecule has 0 bridgehead atoms. The minimum atomic E-state index is 0.00745. The van der Waals surface area contributed by atoms with Crippen molar-refractivity contribution in [1.29, 1.82) is 0 Å². The average Bonchev–Trinajstić information content (AvgIpc) is 2.90. The first-order valence-electron chi connectivity index (χ1n) is 6.52. The van der Waals surface area contributed by atoms with E-state index in [1.165, 1.54) is 11.1 Å². The molecule has 0 aliphatic carbocycles. The third-order valence-electron chi connectivity index (χ3n) is 3.61. The summed E-state index contributed by atoms with van der Waals surface area (Å²) in [6.07, 6.45) is 0. The first-order valence-corrected chi connectivity index (χ1v) is 6.90. The minimum Gasteiger partial charge on any atom is -0.387 e. The molecule has 4 heteroatoms. The molecule has 0 saturated heterocycles. The van der Waals surface area contributed by atoms with Gasteiger partial charge in [0.1, 0.15) is 0 Å². The van der Waals surface area contributed by atoms with Crippen molar-refractivity contribution in [2.24, 2.45) is 0 Å². The van der Waals surface area contributed by atoms with Gasteiger partial charge in [-0.1, -0.05) is 35.9 Å². The van der Waals surface area contributed by atoms with Gasteiger partial charge in [-0.2, -0.15) is 0 Å². The highest BCUT2D eigenvalue weighted by Gasteiger charge is 2.25. The molecule has 0 radical (unpaired) electrons. The van der Waals surface area contributed by atoms with Gasteiger partial charge in [0, 0.05) is 30.8 Å². The molecular formula is C16H15ClN2O. The van der Waals surface area contributed by atoms with E-state index in [0.717, 1.165) is 5.69 Å². The summed E-state index contributed by atoms with van der Waals surface area (Å²) in [6, 6.07) is 13.5. The van der Waals surface area contributed by atoms with Gasteiger partial charge in [0.15, 0.2) is 0 Å². The van der Waals surface area contributed by atoms with Gasteiger partial charge in [-0.3, -0.25) is 4.79 Å². The van der Waals surface area contributed by atoms with Crippen molar-refractivity contribution in [1.82, 2.24) is 4.90 Å². The number of carbonyl (C=O) groups excluding carboxylic acids is 1. The normalized spacial score (nSPS) is 13.2. The molecule has 20 heavy (non-hydrogen) atoms. The number of fused-ring (bicyclic) bond motifs is 1. The third kappa shape index (κ3) is 2.25. The molecule has 2 aromatic rings. The van der Waals surface area contributed by atoms with Gasteiger partial charge in [0.2, 0.25) is 0 Å². The Kier molecular flexibility index (Phi) is 3.36. The number of benzene rings is 2. The second-order valence-electron chi connectivity index (χ2n) is 4.87. The predicted octanol–water partition coefficient (Wildman–Crippen LogP) is 3.54. The van der Waals surface area contributed by atoms with Crippen LogP contribution < -0.4 is 5.32 Å². The van der Waals surface area contributed by atoms with Crippen LogP contribution in [0.2, 0.25) is 5.02 Å². The average molecular weight is 287 g/mol. The van der Waals surface area contributed by atoms with E-state index in [1.54, 1.807) is 19.2 Å². The summed E-state index contributed by atoms with van der Waals surface area (Å²) in [5.74, 6) is 0.00745. The Morgan fingerprint density at radius 1 is 1.15 bits per heavy atom. The molecule has 0 spiro atoms. The Labute approximate surface area is 123 Å². The van der Waals surface area contributed by atoms with Crippen molar-refractivity contribution in [3.8, 4) is 0 Å². The molecule has 0 fully saturated rings. The second-order valence-corrected chi connectivity index (χ2v) is 5.31. The fourth-order valence-electron chi connectivity index (χ4n) is 2.56. The van der Waals surface area contributed by atoms with Gasteiger partial charge < -0.3 is 10.2 Å². The van der Waals surface area contributed by atoms with Crippen LogP contribution >= 0.6 is 11.6 Å². The molecular weight excluding hydrogens is 272 g/mol. The van der Waals surface area contributed by atoms with Crippen LogP contribution in [0.4, 0.5) is 5.69 Å². The predicted molar refractivity (Wildman–Crippen MR) is 81.0 cm³/mol. The third-order valence-corrected chi connectivity index (χ3v) is 3.84. The molecule has 1 N–H and O–H groups in total. The minimum absolute atomic E-state index is 0.00745. The molecule has 1 amide bonds. The first-order chi connectivity index (χ1) is 9.69. The van der Waals surface area contributed by atoms with Crippen molar-refractivity contribution < 1.29 is 4.79 Å². The van der Waals surface area contributed by atoms with Crippen molar-refractivity contribution in [2.45, 2.75) is 13.1 Å². The molecule has 0 atom stereocenters. The highest BCUT2D eigenvalue weighted by molar-refractivity contribution is 6.31. The van der Waals surface area contributed by atoms with E-state index in [1.807, 2.05) is 23.1 Å². The quantitative estimate of drug-likeness (QED) is 0.916. The van der Waals surface area contributed by atoms with E-state index in [0.29, 0.717) is 23.7 Å². The maximum Gasteiger partial charge on any atom is 0.256 e. The molecule has 1 heterocycles. The van der Waals surface area contributed by atoms with Crippen LogP contribution in [0.3, 0.4) is 0 Å². The van der Waals surface area contributed by atoms with Crippen LogP contribution in [0.1, 0.15) is 21.5 Å². The van der Waals surface area contributed by atoms with Gasteiger partial charge in [0.05, 0.1) is 5.56 Å². The van der Waals surface area contributed by atoms with Gasteiger partial charge in [-0.15, -0.1) is 0 Å². The Bertz CT molecular complexity index is 644. The number of hydrogen-bond donors (Lipinski definition) is 1. The lowest BCUT2D eigenvalue weighted by atomic mass is 10.1. The van der Waals surface area contributed by atoms with E-state index in [9.17, 15) is 4.79 Å². The van der Waals surface area contributed by atoms with E-state index in [4.69, 9.17) is 11.6 Å². The topological polar surface area (TPSA) is 32.3 Å². The number of halogens is 1. The Morgan fingerprint density at radius 2 is 1.80 bits per heavy atom. The van der Waals surface area contributed by atoms with Crippen molar-refractivity contribution in [3.63, 3.8) is 0 Å². The maximum absolute atomic E-state index is 12.7. The summed E-state index contributed by atoms with van der Waals surface area (Å²) in [6.45, 7) is 1.31. The number of amides is 1. The fraction of sp³-hybridized carbons (Fsp3) is 0.188. The SMILES string of the molecule is CNc1ccc(Cl)cc1C(=O)N1Cc2ccccc2C1. The number of anilines is 1. The Hall–Kier alpha value is -2.00. The standard InChI is InChI=1S/C16H15ClN2O/c1-18-15-7-6-13(17)8-14(15)16(20)19-9-11-4-2-3-5-12(11)10-19/h2-8,18H,9-10H2,1H3. The zero-order valence-electron chi connectivity index (χ0n) is 11.2. The Morgan fingerprint density at radius 3 is 2.40 bits per heavy atom. The van der Waals surface area contributed by atoms with Crippen LogP contribution in [0.25, 0.3) is 0 Å². The van der Waals surface area contributed by atoms with Gasteiger partial charge >= 0.3 is 0 Å². The molecule has 2 aromatic carbocycles. The van der Waals surface area contributed by atoms with Gasteiger partial charge in [-0.25, -0.2) is 0 Å². The van der Waals surface area contributed by atoms with E-state index in [2.05, 4.69) is 17.4 Å². The second kappa shape index (κ2) is 5.17. The van der Waals surface area contributed by atoms with Crippen LogP contribution in [0.15, 0.2) is 42.5 Å². The molecule has 0 aromatic heterocycles. The molecule has 102 valence electrons. The number of nitrogens with one attached hydrogen (secondary N) is 1. The van der Waals surface area contributed by atoms with Crippen LogP contribution in [0.5, 0.6) is 0 Å². The lowest BCUT2D eigenvalue weighted by Crippen LogP contribution is -2.26. The van der Waals surface area contributed by atoms with Gasteiger partial charge in [0.25, 0.3) is 5.91 Å². The van der Waals surface area contributed by atoms with Crippen LogP contribution in [-0.2, 0) is 13.1 Å². The smallest absolute Gasteiger partial charge is 0.256 e. The molecule has 1 aliphatic heterocycles. The molecule has 1 aliphatic rings. The Balaban J connectivity index is 1.90. The first kappa shape index (κ1) is 13.0. The maximum atomic E-state index is 12.7. The summed E-state index contributed by atoms with van der Waals surface area (Å²) in [7, 11) is 1.80. The summed E-state index contributed by atoms with van der Waals surface area (Å²) in [5, 5.41) is 3.62. The number of hydrogen-bond acceptors (Lipinski definition) is 2. The number of rotatable bonds is 2. The highest BCUT2D eigenvalue weighted by Crippen LogP contribution is 2.27. The van der Waals surface area contributed by atoms with E-state index in [-0.39, 0.29) is 5.91 Å². The van der Waals surface area contributed by atoms with E-state index < -0.39 is 0 Å². The highest BCUT2D eigenvalue weighted by atomic mass is 35.5. The summed E-state index contributed by atoms with van der Waals surface area (Å²) in [5.41, 5.74) is 3.85. The van der Waals surface area contributed by atoms with Crippen molar-refractivity contribution in [3.05, 3.63) is 64.2 Å². The molecule has 0 unspecified atom stereocenters. The zero-order valence-corrected chi connectivity index (χ0v) is 11.9. The number of nitrogens with zero attached hydrogens (tertiary/aromatic N) is 1. The molecule has 3 nitrogen and oxygen atoms in total. The van der Waals surface area contributed by atoms with Crippen LogP contribution in [0, 0.1) is 0 Å². The van der Waals surface area contributed by atoms with Gasteiger partial charge in [-0.05, 0) is 29.3 Å². The summed E-state index contributed by atoms with van der Waals surface area (Å²) in [4.78, 5) is 14.5. The fourth-order valence-corrected chi connectivity index (χ4v) is 2.73. The molecule has 0 saturated carbocycles. The van der Waals surface area contributed by atoms with Crippen LogP contribution in [-0.4, -0.2) is 17.9 Å². The zero-order chi connectivity index (χ0) is 14.1. The van der Waals surface area contributed by atoms with Crippen molar-refractivity contribution in [2.75, 3.05) is 12.4 Å². The summed E-state index contributed by atoms with van der Waals surface area (Å²) >= 11 is 6.02. The lowest BCUT2D eigenvalue weighted by molar-refractivity contribution is 0.0752. The summed E-state index contributed by atoms with van der Waals surface area (Å²) < 4.78 is 0. The largest absolute Gasteiger partial charge is 0.387 e. The molecule has 3 rings (SSSR count). The monoisotopic (exact) mass is 286 g/mol. The van der Waals surface area contributed by atoms with E-state index >= 15 is 0 Å². The lowest BCUT2D eigenvalue weighted by Gasteiger charge is -2.18. The number of carbonyl (C=O) groups is 1.